The van der Waals surface area contributed by atoms with Crippen molar-refractivity contribution in [3.63, 3.8) is 0 Å². The highest BCUT2D eigenvalue weighted by atomic mass is 35.5. The highest BCUT2D eigenvalue weighted by Crippen LogP contribution is 2.24. The molecule has 0 unspecified atom stereocenters. The van der Waals surface area contributed by atoms with Crippen LogP contribution in [0.2, 0.25) is 10.0 Å². The molecule has 5 nitrogen and oxygen atoms in total. The summed E-state index contributed by atoms with van der Waals surface area (Å²) in [5.74, 6) is 0. The number of halogens is 2. The van der Waals surface area contributed by atoms with Gasteiger partial charge in [0.25, 0.3) is 0 Å². The van der Waals surface area contributed by atoms with Crippen molar-refractivity contribution >= 4 is 54.8 Å². The van der Waals surface area contributed by atoms with Crippen molar-refractivity contribution in [3.8, 4) is 0 Å². The average molecular weight is 431 g/mol. The van der Waals surface area contributed by atoms with Crippen LogP contribution in [-0.4, -0.2) is 13.0 Å². The van der Waals surface area contributed by atoms with Crippen LogP contribution in [0.4, 0.5) is 0 Å². The Morgan fingerprint density at radius 3 is 2.62 bits per heavy atom. The van der Waals surface area contributed by atoms with Gasteiger partial charge in [-0.1, -0.05) is 47.5 Å². The van der Waals surface area contributed by atoms with Gasteiger partial charge < -0.3 is 0 Å². The minimum atomic E-state index is -3.74. The summed E-state index contributed by atoms with van der Waals surface area (Å²) in [5, 5.41) is 0.879. The molecular formula is C17H16Cl2N2O3S2. The normalized spacial score (nSPS) is 12.0. The second-order valence-corrected chi connectivity index (χ2v) is 9.31. The lowest BCUT2D eigenvalue weighted by Crippen LogP contribution is -2.23. The van der Waals surface area contributed by atoms with E-state index >= 15 is 0 Å². The number of sulfonamides is 1. The smallest absolute Gasteiger partial charge is 0.299 e. The summed E-state index contributed by atoms with van der Waals surface area (Å²) in [6.45, 7) is 2.64. The second-order valence-electron chi connectivity index (χ2n) is 5.71. The van der Waals surface area contributed by atoms with E-state index in [1.807, 2.05) is 6.92 Å². The fraction of sp³-hybridized carbons (Fsp3) is 0.235. The summed E-state index contributed by atoms with van der Waals surface area (Å²) in [4.78, 5) is 12.1. The number of nitrogens with zero attached hydrogens (tertiary/aromatic N) is 1. The van der Waals surface area contributed by atoms with E-state index in [0.717, 1.165) is 23.3 Å². The Labute approximate surface area is 165 Å². The molecule has 0 spiro atoms. The lowest BCUT2D eigenvalue weighted by Gasteiger charge is -2.09. The van der Waals surface area contributed by atoms with Crippen molar-refractivity contribution < 1.29 is 8.42 Å². The second kappa shape index (κ2) is 7.70. The quantitative estimate of drug-likeness (QED) is 0.634. The highest BCUT2D eigenvalue weighted by Gasteiger charge is 2.17. The van der Waals surface area contributed by atoms with Crippen LogP contribution in [0, 0.1) is 0 Å². The van der Waals surface area contributed by atoms with E-state index in [2.05, 4.69) is 4.72 Å². The third kappa shape index (κ3) is 3.97. The molecule has 0 fully saturated rings. The number of hydrogen-bond acceptors (Lipinski definition) is 4. The van der Waals surface area contributed by atoms with Crippen LogP contribution in [0.3, 0.4) is 0 Å². The molecule has 138 valence electrons. The van der Waals surface area contributed by atoms with Crippen molar-refractivity contribution in [2.75, 3.05) is 0 Å². The van der Waals surface area contributed by atoms with Gasteiger partial charge in [0.15, 0.2) is 0 Å². The number of nitrogens with one attached hydrogen (secondary N) is 1. The number of aromatic nitrogens is 1. The van der Waals surface area contributed by atoms with E-state index in [1.54, 1.807) is 28.8 Å². The minimum Gasteiger partial charge on any atom is -0.299 e. The van der Waals surface area contributed by atoms with Crippen LogP contribution in [0.15, 0.2) is 46.1 Å². The molecule has 0 aliphatic heterocycles. The fourth-order valence-electron chi connectivity index (χ4n) is 2.57. The summed E-state index contributed by atoms with van der Waals surface area (Å²) < 4.78 is 30.0. The SMILES string of the molecule is CCCn1c(=O)sc2cc(S(=O)(=O)NCc3ccc(Cl)cc3Cl)ccc21. The molecule has 3 aromatic rings. The maximum atomic E-state index is 12.6. The van der Waals surface area contributed by atoms with Crippen molar-refractivity contribution in [2.45, 2.75) is 31.3 Å². The third-order valence-electron chi connectivity index (χ3n) is 3.86. The average Bonchev–Trinajstić information content (AvgIpc) is 2.89. The van der Waals surface area contributed by atoms with E-state index in [1.165, 1.54) is 12.1 Å². The Morgan fingerprint density at radius 1 is 1.15 bits per heavy atom. The highest BCUT2D eigenvalue weighted by molar-refractivity contribution is 7.89. The van der Waals surface area contributed by atoms with E-state index in [9.17, 15) is 13.2 Å². The summed E-state index contributed by atoms with van der Waals surface area (Å²) in [6.07, 6.45) is 0.829. The Kier molecular flexibility index (Phi) is 5.74. The first-order valence-electron chi connectivity index (χ1n) is 7.89. The predicted molar refractivity (Wildman–Crippen MR) is 107 cm³/mol. The molecule has 0 aliphatic rings. The Bertz CT molecular complexity index is 1120. The number of aryl methyl sites for hydroxylation is 1. The molecule has 0 radical (unpaired) electrons. The zero-order valence-corrected chi connectivity index (χ0v) is 17.0. The largest absolute Gasteiger partial charge is 0.308 e. The molecule has 0 saturated heterocycles. The molecule has 1 aromatic heterocycles. The molecule has 0 bridgehead atoms. The molecular weight excluding hydrogens is 415 g/mol. The van der Waals surface area contributed by atoms with E-state index in [0.29, 0.717) is 26.9 Å². The van der Waals surface area contributed by atoms with E-state index in [4.69, 9.17) is 23.2 Å². The van der Waals surface area contributed by atoms with Gasteiger partial charge >= 0.3 is 4.87 Å². The van der Waals surface area contributed by atoms with Crippen molar-refractivity contribution in [2.24, 2.45) is 0 Å². The van der Waals surface area contributed by atoms with Gasteiger partial charge in [0.2, 0.25) is 10.0 Å². The van der Waals surface area contributed by atoms with E-state index < -0.39 is 10.0 Å². The summed E-state index contributed by atoms with van der Waals surface area (Å²) in [7, 11) is -3.74. The van der Waals surface area contributed by atoms with Gasteiger partial charge in [-0.3, -0.25) is 9.36 Å². The van der Waals surface area contributed by atoms with Crippen molar-refractivity contribution in [1.82, 2.24) is 9.29 Å². The molecule has 2 aromatic carbocycles. The maximum Gasteiger partial charge on any atom is 0.308 e. The maximum absolute atomic E-state index is 12.6. The van der Waals surface area contributed by atoms with Gasteiger partial charge in [0, 0.05) is 23.1 Å². The zero-order chi connectivity index (χ0) is 18.9. The van der Waals surface area contributed by atoms with Crippen LogP contribution in [-0.2, 0) is 23.1 Å². The third-order valence-corrected chi connectivity index (χ3v) is 6.79. The van der Waals surface area contributed by atoms with Crippen molar-refractivity contribution in [1.29, 1.82) is 0 Å². The number of rotatable bonds is 6. The molecule has 0 saturated carbocycles. The summed E-state index contributed by atoms with van der Waals surface area (Å²) in [6, 6.07) is 9.59. The summed E-state index contributed by atoms with van der Waals surface area (Å²) >= 11 is 13.0. The standard InChI is InChI=1S/C17H16Cl2N2O3S2/c1-2-7-21-15-6-5-13(9-16(15)25-17(21)22)26(23,24)20-10-11-3-4-12(18)8-14(11)19/h3-6,8-9,20H,2,7,10H2,1H3. The lowest BCUT2D eigenvalue weighted by molar-refractivity contribution is 0.581. The summed E-state index contributed by atoms with van der Waals surface area (Å²) in [5.41, 5.74) is 1.38. The Hall–Kier alpha value is -1.38. The van der Waals surface area contributed by atoms with Gasteiger partial charge in [-0.25, -0.2) is 13.1 Å². The van der Waals surface area contributed by atoms with Gasteiger partial charge in [-0.2, -0.15) is 0 Å². The number of fused-ring (bicyclic) bond motifs is 1. The topological polar surface area (TPSA) is 68.2 Å². The van der Waals surface area contributed by atoms with E-state index in [-0.39, 0.29) is 16.3 Å². The minimum absolute atomic E-state index is 0.0451. The van der Waals surface area contributed by atoms with Gasteiger partial charge in [-0.15, -0.1) is 0 Å². The lowest BCUT2D eigenvalue weighted by atomic mass is 10.2. The van der Waals surface area contributed by atoms with Crippen LogP contribution < -0.4 is 9.60 Å². The molecule has 9 heteroatoms. The molecule has 0 aliphatic carbocycles. The fourth-order valence-corrected chi connectivity index (χ4v) is 5.11. The Balaban J connectivity index is 1.88. The van der Waals surface area contributed by atoms with Crippen LogP contribution in [0.5, 0.6) is 0 Å². The molecule has 1 N–H and O–H groups in total. The zero-order valence-electron chi connectivity index (χ0n) is 13.8. The molecule has 0 amide bonds. The number of benzene rings is 2. The van der Waals surface area contributed by atoms with Crippen LogP contribution in [0.1, 0.15) is 18.9 Å². The van der Waals surface area contributed by atoms with Crippen LogP contribution >= 0.6 is 34.5 Å². The van der Waals surface area contributed by atoms with Gasteiger partial charge in [0.1, 0.15) is 0 Å². The molecule has 1 heterocycles. The monoisotopic (exact) mass is 430 g/mol. The number of thiazole rings is 1. The first-order chi connectivity index (χ1) is 12.3. The molecule has 3 rings (SSSR count). The number of hydrogen-bond donors (Lipinski definition) is 1. The first kappa shape index (κ1) is 19.4. The van der Waals surface area contributed by atoms with Crippen molar-refractivity contribution in [3.05, 3.63) is 61.7 Å². The Morgan fingerprint density at radius 2 is 1.92 bits per heavy atom. The first-order valence-corrected chi connectivity index (χ1v) is 10.9. The van der Waals surface area contributed by atoms with Crippen LogP contribution in [0.25, 0.3) is 10.2 Å². The predicted octanol–water partition coefficient (Wildman–Crippen LogP) is 4.26. The van der Waals surface area contributed by atoms with Gasteiger partial charge in [-0.05, 0) is 42.3 Å². The van der Waals surface area contributed by atoms with Gasteiger partial charge in [0.05, 0.1) is 15.1 Å². The molecule has 26 heavy (non-hydrogen) atoms. The molecule has 0 atom stereocenters.